The second-order valence-corrected chi connectivity index (χ2v) is 8.49. The summed E-state index contributed by atoms with van der Waals surface area (Å²) in [5, 5.41) is 9.64. The lowest BCUT2D eigenvalue weighted by molar-refractivity contribution is -0.136. The van der Waals surface area contributed by atoms with Gasteiger partial charge < -0.3 is 10.0 Å². The van der Waals surface area contributed by atoms with Gasteiger partial charge in [0.25, 0.3) is 0 Å². The number of carboxylic acids is 1. The molecular weight excluding hydrogens is 362 g/mol. The average Bonchev–Trinajstić information content (AvgIpc) is 2.97. The molecule has 1 saturated heterocycles. The van der Waals surface area contributed by atoms with E-state index in [0.29, 0.717) is 18.0 Å². The van der Waals surface area contributed by atoms with Gasteiger partial charge in [0.1, 0.15) is 0 Å². The molecule has 1 N–H and O–H groups in total. The Bertz CT molecular complexity index is 885. The summed E-state index contributed by atoms with van der Waals surface area (Å²) in [6.07, 6.45) is 0.472. The molecule has 4 nitrogen and oxygen atoms in total. The van der Waals surface area contributed by atoms with Crippen LogP contribution in [0.2, 0.25) is 5.02 Å². The van der Waals surface area contributed by atoms with E-state index in [-0.39, 0.29) is 23.8 Å². The molecule has 1 heterocycles. The Kier molecular flexibility index (Phi) is 5.29. The van der Waals surface area contributed by atoms with Gasteiger partial charge in [-0.05, 0) is 49.6 Å². The average molecular weight is 386 g/mol. The molecule has 1 amide bonds. The molecular formula is C22H24ClNO3. The fourth-order valence-electron chi connectivity index (χ4n) is 3.62. The van der Waals surface area contributed by atoms with E-state index in [4.69, 9.17) is 16.7 Å². The summed E-state index contributed by atoms with van der Waals surface area (Å²) in [4.78, 5) is 25.3. The van der Waals surface area contributed by atoms with Gasteiger partial charge in [-0.25, -0.2) is 0 Å². The summed E-state index contributed by atoms with van der Waals surface area (Å²) in [5.41, 5.74) is 3.38. The minimum Gasteiger partial charge on any atom is -0.481 e. The molecule has 0 saturated carbocycles. The number of carbonyl (C=O) groups excluding carboxylic acids is 1. The third kappa shape index (κ3) is 4.33. The highest BCUT2D eigenvalue weighted by Gasteiger charge is 2.36. The molecule has 0 aromatic heterocycles. The monoisotopic (exact) mass is 385 g/mol. The highest BCUT2D eigenvalue weighted by Crippen LogP contribution is 2.36. The normalized spacial score (nSPS) is 17.4. The molecule has 142 valence electrons. The number of carbonyl (C=O) groups is 2. The number of carboxylic acid groups (broad SMARTS) is 1. The number of likely N-dealkylation sites (tertiary alicyclic amines) is 1. The number of hydrogen-bond donors (Lipinski definition) is 1. The van der Waals surface area contributed by atoms with Crippen LogP contribution in [-0.4, -0.2) is 34.0 Å². The molecule has 0 unspecified atom stereocenters. The molecule has 2 aromatic rings. The number of benzene rings is 2. The van der Waals surface area contributed by atoms with Gasteiger partial charge >= 0.3 is 5.97 Å². The number of nitrogens with zero attached hydrogens (tertiary/aromatic N) is 1. The number of hydrogen-bond acceptors (Lipinski definition) is 2. The Balaban J connectivity index is 1.92. The second-order valence-electron chi connectivity index (χ2n) is 8.09. The highest BCUT2D eigenvalue weighted by atomic mass is 35.5. The van der Waals surface area contributed by atoms with Gasteiger partial charge in [-0.1, -0.05) is 41.9 Å². The Morgan fingerprint density at radius 2 is 1.96 bits per heavy atom. The topological polar surface area (TPSA) is 57.6 Å². The van der Waals surface area contributed by atoms with E-state index in [1.54, 1.807) is 6.07 Å². The third-order valence-electron chi connectivity index (χ3n) is 4.99. The summed E-state index contributed by atoms with van der Waals surface area (Å²) in [7, 11) is 0. The minimum atomic E-state index is -0.862. The van der Waals surface area contributed by atoms with Crippen LogP contribution in [0.4, 0.5) is 0 Å². The predicted octanol–water partition coefficient (Wildman–Crippen LogP) is 4.75. The Hall–Kier alpha value is -2.33. The fraction of sp³-hybridized carbons (Fsp3) is 0.364. The van der Waals surface area contributed by atoms with Gasteiger partial charge in [0.2, 0.25) is 5.91 Å². The molecule has 2 aromatic carbocycles. The maximum absolute atomic E-state index is 12.4. The van der Waals surface area contributed by atoms with Crippen molar-refractivity contribution in [2.24, 2.45) is 0 Å². The van der Waals surface area contributed by atoms with E-state index < -0.39 is 5.97 Å². The van der Waals surface area contributed by atoms with E-state index >= 15 is 0 Å². The summed E-state index contributed by atoms with van der Waals surface area (Å²) < 4.78 is 0. The first-order valence-corrected chi connectivity index (χ1v) is 9.44. The number of halogens is 1. The van der Waals surface area contributed by atoms with Crippen molar-refractivity contribution in [1.82, 2.24) is 4.90 Å². The van der Waals surface area contributed by atoms with E-state index in [9.17, 15) is 9.59 Å². The Labute approximate surface area is 164 Å². The van der Waals surface area contributed by atoms with Crippen molar-refractivity contribution in [3.63, 3.8) is 0 Å². The van der Waals surface area contributed by atoms with Crippen LogP contribution in [0, 0.1) is 0 Å². The van der Waals surface area contributed by atoms with Crippen LogP contribution >= 0.6 is 11.6 Å². The van der Waals surface area contributed by atoms with Crippen molar-refractivity contribution in [2.45, 2.75) is 45.1 Å². The Morgan fingerprint density at radius 3 is 2.59 bits per heavy atom. The smallest absolute Gasteiger partial charge is 0.307 e. The van der Waals surface area contributed by atoms with E-state index in [1.165, 1.54) is 0 Å². The van der Waals surface area contributed by atoms with Crippen molar-refractivity contribution in [3.05, 3.63) is 58.6 Å². The standard InChI is InChI=1S/C22H24ClNO3/c1-22(2,3)24-13-17(12-20(24)25)15-7-8-19(23)18(11-15)16-6-4-5-14(9-16)10-21(26)27/h4-9,11,17H,10,12-13H2,1-3H3,(H,26,27)/t17-/m0/s1. The number of rotatable bonds is 4. The van der Waals surface area contributed by atoms with Crippen LogP contribution in [0.25, 0.3) is 11.1 Å². The zero-order chi connectivity index (χ0) is 19.8. The first-order valence-electron chi connectivity index (χ1n) is 9.06. The van der Waals surface area contributed by atoms with Crippen molar-refractivity contribution in [2.75, 3.05) is 6.54 Å². The minimum absolute atomic E-state index is 0.0250. The maximum Gasteiger partial charge on any atom is 0.307 e. The predicted molar refractivity (Wildman–Crippen MR) is 107 cm³/mol. The SMILES string of the molecule is CC(C)(C)N1C[C@@H](c2ccc(Cl)c(-c3cccc(CC(=O)O)c3)c2)CC1=O. The molecule has 1 aliphatic heterocycles. The van der Waals surface area contributed by atoms with Crippen molar-refractivity contribution >= 4 is 23.5 Å². The summed E-state index contributed by atoms with van der Waals surface area (Å²) in [6, 6.07) is 13.3. The van der Waals surface area contributed by atoms with Gasteiger partial charge in [-0.3, -0.25) is 9.59 Å². The van der Waals surface area contributed by atoms with Crippen LogP contribution in [0.1, 0.15) is 44.2 Å². The molecule has 0 bridgehead atoms. The van der Waals surface area contributed by atoms with Gasteiger partial charge in [-0.2, -0.15) is 0 Å². The van der Waals surface area contributed by atoms with Crippen LogP contribution in [-0.2, 0) is 16.0 Å². The zero-order valence-corrected chi connectivity index (χ0v) is 16.6. The molecule has 1 fully saturated rings. The Morgan fingerprint density at radius 1 is 1.22 bits per heavy atom. The number of amides is 1. The van der Waals surface area contributed by atoms with Crippen molar-refractivity contribution in [1.29, 1.82) is 0 Å². The lowest BCUT2D eigenvalue weighted by Crippen LogP contribution is -2.42. The zero-order valence-electron chi connectivity index (χ0n) is 15.8. The molecule has 5 heteroatoms. The van der Waals surface area contributed by atoms with Crippen LogP contribution in [0.15, 0.2) is 42.5 Å². The first kappa shape index (κ1) is 19.4. The van der Waals surface area contributed by atoms with E-state index in [0.717, 1.165) is 22.3 Å². The van der Waals surface area contributed by atoms with Crippen LogP contribution in [0.5, 0.6) is 0 Å². The molecule has 1 atom stereocenters. The van der Waals surface area contributed by atoms with Crippen molar-refractivity contribution in [3.8, 4) is 11.1 Å². The highest BCUT2D eigenvalue weighted by molar-refractivity contribution is 6.33. The van der Waals surface area contributed by atoms with Crippen molar-refractivity contribution < 1.29 is 14.7 Å². The van der Waals surface area contributed by atoms with Gasteiger partial charge in [0.05, 0.1) is 6.42 Å². The lowest BCUT2D eigenvalue weighted by atomic mass is 9.93. The summed E-state index contributed by atoms with van der Waals surface area (Å²) in [5.74, 6) is -0.555. The van der Waals surface area contributed by atoms with E-state index in [2.05, 4.69) is 20.8 Å². The van der Waals surface area contributed by atoms with E-state index in [1.807, 2.05) is 41.3 Å². The quantitative estimate of drug-likeness (QED) is 0.826. The lowest BCUT2D eigenvalue weighted by Gasteiger charge is -2.32. The molecule has 1 aliphatic rings. The fourth-order valence-corrected chi connectivity index (χ4v) is 3.85. The third-order valence-corrected chi connectivity index (χ3v) is 5.32. The maximum atomic E-state index is 12.4. The van der Waals surface area contributed by atoms with Gasteiger partial charge in [-0.15, -0.1) is 0 Å². The van der Waals surface area contributed by atoms with Crippen LogP contribution < -0.4 is 0 Å². The molecule has 0 spiro atoms. The number of aliphatic carboxylic acids is 1. The molecule has 0 radical (unpaired) electrons. The molecule has 3 rings (SSSR count). The molecule has 0 aliphatic carbocycles. The summed E-state index contributed by atoms with van der Waals surface area (Å²) in [6.45, 7) is 6.85. The van der Waals surface area contributed by atoms with Crippen LogP contribution in [0.3, 0.4) is 0 Å². The summed E-state index contributed by atoms with van der Waals surface area (Å²) >= 11 is 6.43. The first-order chi connectivity index (χ1) is 12.6. The van der Waals surface area contributed by atoms with Gasteiger partial charge in [0.15, 0.2) is 0 Å². The second kappa shape index (κ2) is 7.35. The molecule has 27 heavy (non-hydrogen) atoms. The van der Waals surface area contributed by atoms with Gasteiger partial charge in [0, 0.05) is 35.0 Å². The largest absolute Gasteiger partial charge is 0.481 e.